The van der Waals surface area contributed by atoms with Gasteiger partial charge in [-0.2, -0.15) is 4.98 Å². The van der Waals surface area contributed by atoms with E-state index < -0.39 is 0 Å². The van der Waals surface area contributed by atoms with E-state index in [4.69, 9.17) is 4.74 Å². The summed E-state index contributed by atoms with van der Waals surface area (Å²) in [4.78, 5) is 8.78. The van der Waals surface area contributed by atoms with Gasteiger partial charge in [0.2, 0.25) is 5.95 Å². The molecule has 1 fully saturated rings. The predicted molar refractivity (Wildman–Crippen MR) is 77.5 cm³/mol. The number of nitrogens with zero attached hydrogens (tertiary/aromatic N) is 2. The van der Waals surface area contributed by atoms with E-state index in [1.807, 2.05) is 6.07 Å². The number of rotatable bonds is 7. The molecule has 1 aromatic heterocycles. The van der Waals surface area contributed by atoms with Crippen LogP contribution in [-0.4, -0.2) is 36.3 Å². The molecule has 0 bridgehead atoms. The Kier molecular flexibility index (Phi) is 5.88. The van der Waals surface area contributed by atoms with E-state index in [1.165, 1.54) is 32.1 Å². The van der Waals surface area contributed by atoms with Crippen molar-refractivity contribution >= 4 is 11.8 Å². The van der Waals surface area contributed by atoms with Crippen LogP contribution in [0.5, 0.6) is 0 Å². The predicted octanol–water partition coefficient (Wildman–Crippen LogP) is 2.67. The number of hydrogen-bond donors (Lipinski definition) is 2. The normalized spacial score (nSPS) is 16.3. The van der Waals surface area contributed by atoms with Gasteiger partial charge in [-0.3, -0.25) is 0 Å². The molecular formula is C14H24N4O. The van der Waals surface area contributed by atoms with Crippen LogP contribution in [0.1, 0.15) is 38.5 Å². The van der Waals surface area contributed by atoms with Gasteiger partial charge >= 0.3 is 0 Å². The first-order chi connectivity index (χ1) is 9.38. The summed E-state index contributed by atoms with van der Waals surface area (Å²) in [6, 6.07) is 2.44. The molecule has 0 unspecified atom stereocenters. The fraction of sp³-hybridized carbons (Fsp3) is 0.714. The zero-order chi connectivity index (χ0) is 13.3. The summed E-state index contributed by atoms with van der Waals surface area (Å²) in [5.41, 5.74) is 0. The molecule has 0 amide bonds. The van der Waals surface area contributed by atoms with E-state index in [-0.39, 0.29) is 0 Å². The van der Waals surface area contributed by atoms with Crippen molar-refractivity contribution in [2.45, 2.75) is 44.6 Å². The van der Waals surface area contributed by atoms with Crippen LogP contribution in [0.3, 0.4) is 0 Å². The molecule has 0 aliphatic heterocycles. The summed E-state index contributed by atoms with van der Waals surface area (Å²) in [6.07, 6.45) is 9.23. The Balaban J connectivity index is 1.80. The van der Waals surface area contributed by atoms with E-state index in [9.17, 15) is 0 Å². The third-order valence-corrected chi connectivity index (χ3v) is 3.43. The summed E-state index contributed by atoms with van der Waals surface area (Å²) in [5, 5.41) is 6.72. The monoisotopic (exact) mass is 264 g/mol. The van der Waals surface area contributed by atoms with Crippen LogP contribution in [0.4, 0.5) is 11.8 Å². The molecule has 0 aromatic carbocycles. The van der Waals surface area contributed by atoms with Gasteiger partial charge in [-0.25, -0.2) is 4.98 Å². The van der Waals surface area contributed by atoms with Crippen molar-refractivity contribution < 1.29 is 4.74 Å². The van der Waals surface area contributed by atoms with Crippen molar-refractivity contribution in [2.24, 2.45) is 0 Å². The summed E-state index contributed by atoms with van der Waals surface area (Å²) < 4.78 is 5.02. The quantitative estimate of drug-likeness (QED) is 0.741. The van der Waals surface area contributed by atoms with Gasteiger partial charge in [0.15, 0.2) is 0 Å². The van der Waals surface area contributed by atoms with E-state index in [2.05, 4.69) is 20.6 Å². The SMILES string of the molecule is COCCCNc1ccnc(NC2CCCCC2)n1. The van der Waals surface area contributed by atoms with Crippen molar-refractivity contribution in [3.05, 3.63) is 12.3 Å². The van der Waals surface area contributed by atoms with Gasteiger partial charge in [0.05, 0.1) is 0 Å². The molecule has 2 N–H and O–H groups in total. The molecular weight excluding hydrogens is 240 g/mol. The fourth-order valence-electron chi connectivity index (χ4n) is 2.39. The zero-order valence-corrected chi connectivity index (χ0v) is 11.7. The Hall–Kier alpha value is -1.36. The molecule has 0 spiro atoms. The highest BCUT2D eigenvalue weighted by atomic mass is 16.5. The summed E-state index contributed by atoms with van der Waals surface area (Å²) >= 11 is 0. The highest BCUT2D eigenvalue weighted by Crippen LogP contribution is 2.20. The molecule has 0 radical (unpaired) electrons. The van der Waals surface area contributed by atoms with Crippen molar-refractivity contribution in [3.63, 3.8) is 0 Å². The first-order valence-corrected chi connectivity index (χ1v) is 7.21. The number of ether oxygens (including phenoxy) is 1. The topological polar surface area (TPSA) is 59.1 Å². The molecule has 5 nitrogen and oxygen atoms in total. The highest BCUT2D eigenvalue weighted by molar-refractivity contribution is 5.39. The molecule has 1 saturated carbocycles. The van der Waals surface area contributed by atoms with Gasteiger partial charge in [-0.15, -0.1) is 0 Å². The molecule has 1 aliphatic carbocycles. The van der Waals surface area contributed by atoms with Crippen LogP contribution in [0.25, 0.3) is 0 Å². The van der Waals surface area contributed by atoms with Crippen molar-refractivity contribution in [1.82, 2.24) is 9.97 Å². The average molecular weight is 264 g/mol. The average Bonchev–Trinajstić information content (AvgIpc) is 2.45. The molecule has 0 saturated heterocycles. The van der Waals surface area contributed by atoms with Crippen LogP contribution in [-0.2, 0) is 4.74 Å². The van der Waals surface area contributed by atoms with Gasteiger partial charge in [0, 0.05) is 32.5 Å². The van der Waals surface area contributed by atoms with E-state index in [1.54, 1.807) is 13.3 Å². The summed E-state index contributed by atoms with van der Waals surface area (Å²) in [7, 11) is 1.72. The minimum absolute atomic E-state index is 0.539. The number of anilines is 2. The van der Waals surface area contributed by atoms with Crippen LogP contribution in [0.2, 0.25) is 0 Å². The molecule has 0 atom stereocenters. The Morgan fingerprint density at radius 2 is 2.16 bits per heavy atom. The van der Waals surface area contributed by atoms with E-state index >= 15 is 0 Å². The van der Waals surface area contributed by atoms with Crippen molar-refractivity contribution in [3.8, 4) is 0 Å². The lowest BCUT2D eigenvalue weighted by molar-refractivity contribution is 0.198. The number of aromatic nitrogens is 2. The van der Waals surface area contributed by atoms with Gasteiger partial charge in [-0.05, 0) is 25.3 Å². The van der Waals surface area contributed by atoms with Gasteiger partial charge < -0.3 is 15.4 Å². The Morgan fingerprint density at radius 3 is 2.95 bits per heavy atom. The lowest BCUT2D eigenvalue weighted by Gasteiger charge is -2.22. The Labute approximate surface area is 115 Å². The lowest BCUT2D eigenvalue weighted by Crippen LogP contribution is -2.23. The molecule has 2 rings (SSSR count). The molecule has 1 aromatic rings. The second kappa shape index (κ2) is 7.94. The van der Waals surface area contributed by atoms with E-state index in [0.29, 0.717) is 6.04 Å². The van der Waals surface area contributed by atoms with Crippen LogP contribution in [0.15, 0.2) is 12.3 Å². The minimum Gasteiger partial charge on any atom is -0.385 e. The standard InChI is InChI=1S/C14H24N4O/c1-19-11-5-9-15-13-8-10-16-14(18-13)17-12-6-3-2-4-7-12/h8,10,12H,2-7,9,11H2,1H3,(H2,15,16,17,18). The molecule has 106 valence electrons. The third-order valence-electron chi connectivity index (χ3n) is 3.43. The Morgan fingerprint density at radius 1 is 1.32 bits per heavy atom. The smallest absolute Gasteiger partial charge is 0.224 e. The van der Waals surface area contributed by atoms with Crippen LogP contribution >= 0.6 is 0 Å². The van der Waals surface area contributed by atoms with Crippen molar-refractivity contribution in [1.29, 1.82) is 0 Å². The molecule has 1 aliphatic rings. The number of methoxy groups -OCH3 is 1. The van der Waals surface area contributed by atoms with Crippen molar-refractivity contribution in [2.75, 3.05) is 30.9 Å². The maximum Gasteiger partial charge on any atom is 0.224 e. The largest absolute Gasteiger partial charge is 0.385 e. The fourth-order valence-corrected chi connectivity index (χ4v) is 2.39. The molecule has 1 heterocycles. The lowest BCUT2D eigenvalue weighted by atomic mass is 9.96. The first kappa shape index (κ1) is 14.1. The zero-order valence-electron chi connectivity index (χ0n) is 11.7. The van der Waals surface area contributed by atoms with E-state index in [0.717, 1.165) is 31.3 Å². The summed E-state index contributed by atoms with van der Waals surface area (Å²) in [5.74, 6) is 1.62. The second-order valence-corrected chi connectivity index (χ2v) is 5.02. The van der Waals surface area contributed by atoms with Gasteiger partial charge in [0.1, 0.15) is 5.82 Å². The highest BCUT2D eigenvalue weighted by Gasteiger charge is 2.13. The maximum absolute atomic E-state index is 5.02. The Bertz CT molecular complexity index is 366. The van der Waals surface area contributed by atoms with Gasteiger partial charge in [-0.1, -0.05) is 19.3 Å². The summed E-state index contributed by atoms with van der Waals surface area (Å²) in [6.45, 7) is 1.64. The first-order valence-electron chi connectivity index (χ1n) is 7.21. The van der Waals surface area contributed by atoms with Crippen LogP contribution in [0, 0.1) is 0 Å². The second-order valence-electron chi connectivity index (χ2n) is 5.02. The molecule has 19 heavy (non-hydrogen) atoms. The minimum atomic E-state index is 0.539. The third kappa shape index (κ3) is 5.03. The van der Waals surface area contributed by atoms with Crippen LogP contribution < -0.4 is 10.6 Å². The molecule has 5 heteroatoms. The number of hydrogen-bond acceptors (Lipinski definition) is 5. The van der Waals surface area contributed by atoms with Gasteiger partial charge in [0.25, 0.3) is 0 Å². The number of nitrogens with one attached hydrogen (secondary N) is 2. The maximum atomic E-state index is 5.02.